The van der Waals surface area contributed by atoms with Crippen LogP contribution in [0.1, 0.15) is 63.8 Å². The molecule has 10 nitrogen and oxygen atoms in total. The molecule has 272 valence electrons. The van der Waals surface area contributed by atoms with Crippen LogP contribution in [-0.4, -0.2) is 71.7 Å². The second kappa shape index (κ2) is 14.4. The summed E-state index contributed by atoms with van der Waals surface area (Å²) in [4.78, 5) is 3.29. The highest BCUT2D eigenvalue weighted by molar-refractivity contribution is 5.85. The molecule has 8 rings (SSSR count). The molecule has 0 spiro atoms. The molecule has 0 saturated carbocycles. The molecule has 3 aliphatic rings. The molecule has 2 aliphatic heterocycles. The molecule has 0 bridgehead atoms. The molecule has 4 aromatic carbocycles. The summed E-state index contributed by atoms with van der Waals surface area (Å²) in [5.74, 6) is 2.22. The molecule has 5 aromatic rings. The number of benzene rings is 4. The zero-order chi connectivity index (χ0) is 35.9. The third-order valence-electron chi connectivity index (χ3n) is 11.0. The Balaban J connectivity index is 1.29. The van der Waals surface area contributed by atoms with Gasteiger partial charge in [-0.3, -0.25) is 5.32 Å². The Morgan fingerprint density at radius 1 is 0.942 bits per heavy atom. The number of ether oxygens (including phenoxy) is 4. The third kappa shape index (κ3) is 6.13. The number of fused-ring (bicyclic) bond motifs is 9. The Morgan fingerprint density at radius 2 is 1.83 bits per heavy atom. The standard InChI is InChI=1S/C42H46N2O8/c1-43-22-50-37-20-34-33-17-26(15-23-5-10-35-24(14-23)11-12-44-35)32-19-28(47)6-8-30(32)38(33)42-31(9-7-29(21-46)51-42)41(34)52-40(37)27-16-25(4-3-13-45)39(48)36(18-27)49-2/h5-6,8,10-12,14,16,18-19,26,29,37,40,43-48H,3-4,7,9,13,15,17,20-22H2,1-2H3/t26-,29+,37+,40+/m0/s1. The lowest BCUT2D eigenvalue weighted by atomic mass is 9.72. The monoisotopic (exact) mass is 706 g/mol. The number of nitrogens with one attached hydrogen (secondary N) is 2. The minimum absolute atomic E-state index is 0.00371. The molecule has 1 aliphatic carbocycles. The lowest BCUT2D eigenvalue weighted by Gasteiger charge is -2.41. The van der Waals surface area contributed by atoms with E-state index in [-0.39, 0.29) is 42.8 Å². The number of aliphatic hydroxyl groups is 2. The number of hydrogen-bond acceptors (Lipinski definition) is 9. The summed E-state index contributed by atoms with van der Waals surface area (Å²) in [5.41, 5.74) is 10.1. The molecule has 6 N–H and O–H groups in total. The predicted octanol–water partition coefficient (Wildman–Crippen LogP) is 5.99. The van der Waals surface area contributed by atoms with Crippen molar-refractivity contribution in [3.63, 3.8) is 0 Å². The number of aromatic nitrogens is 1. The average molecular weight is 707 g/mol. The molecule has 4 atom stereocenters. The highest BCUT2D eigenvalue weighted by atomic mass is 16.6. The van der Waals surface area contributed by atoms with Crippen molar-refractivity contribution in [3.8, 4) is 39.9 Å². The van der Waals surface area contributed by atoms with Crippen molar-refractivity contribution in [1.29, 1.82) is 0 Å². The van der Waals surface area contributed by atoms with E-state index < -0.39 is 6.10 Å². The molecule has 3 heterocycles. The molecule has 0 amide bonds. The number of methoxy groups -OCH3 is 1. The van der Waals surface area contributed by atoms with Gasteiger partial charge in [-0.15, -0.1) is 0 Å². The summed E-state index contributed by atoms with van der Waals surface area (Å²) in [5, 5.41) is 45.9. The van der Waals surface area contributed by atoms with Crippen LogP contribution in [0.4, 0.5) is 0 Å². The number of phenols is 2. The van der Waals surface area contributed by atoms with E-state index in [1.165, 1.54) is 12.7 Å². The first-order chi connectivity index (χ1) is 25.4. The lowest BCUT2D eigenvalue weighted by Crippen LogP contribution is -2.37. The van der Waals surface area contributed by atoms with E-state index in [0.717, 1.165) is 67.8 Å². The Morgan fingerprint density at radius 3 is 2.63 bits per heavy atom. The van der Waals surface area contributed by atoms with Gasteiger partial charge in [0.1, 0.15) is 29.5 Å². The molecule has 0 radical (unpaired) electrons. The topological polar surface area (TPSA) is 146 Å². The number of rotatable bonds is 11. The van der Waals surface area contributed by atoms with Gasteiger partial charge in [0, 0.05) is 41.4 Å². The van der Waals surface area contributed by atoms with E-state index in [4.69, 9.17) is 18.9 Å². The van der Waals surface area contributed by atoms with Crippen molar-refractivity contribution >= 4 is 10.9 Å². The number of aryl methyl sites for hydroxylation is 1. The molecule has 0 fully saturated rings. The van der Waals surface area contributed by atoms with E-state index in [1.54, 1.807) is 6.07 Å². The van der Waals surface area contributed by atoms with Gasteiger partial charge in [0.25, 0.3) is 0 Å². The van der Waals surface area contributed by atoms with E-state index in [9.17, 15) is 20.4 Å². The van der Waals surface area contributed by atoms with Gasteiger partial charge in [0.2, 0.25) is 0 Å². The molecule has 1 aromatic heterocycles. The van der Waals surface area contributed by atoms with Gasteiger partial charge in [0.05, 0.1) is 20.4 Å². The Bertz CT molecular complexity index is 2110. The fourth-order valence-corrected chi connectivity index (χ4v) is 8.51. The van der Waals surface area contributed by atoms with Crippen LogP contribution < -0.4 is 19.5 Å². The van der Waals surface area contributed by atoms with Crippen molar-refractivity contribution in [2.75, 3.05) is 34.1 Å². The number of aliphatic hydroxyl groups excluding tert-OH is 2. The zero-order valence-corrected chi connectivity index (χ0v) is 29.6. The Labute approximate surface area is 302 Å². The fourth-order valence-electron chi connectivity index (χ4n) is 8.51. The summed E-state index contributed by atoms with van der Waals surface area (Å²) < 4.78 is 25.9. The maximum absolute atomic E-state index is 11.0. The molecular formula is C42H46N2O8. The first-order valence-corrected chi connectivity index (χ1v) is 18.2. The van der Waals surface area contributed by atoms with E-state index >= 15 is 0 Å². The largest absolute Gasteiger partial charge is 0.508 e. The van der Waals surface area contributed by atoms with Crippen molar-refractivity contribution in [2.24, 2.45) is 0 Å². The number of H-pyrrole nitrogens is 1. The summed E-state index contributed by atoms with van der Waals surface area (Å²) in [6, 6.07) is 18.0. The van der Waals surface area contributed by atoms with Gasteiger partial charge < -0.3 is 44.4 Å². The first kappa shape index (κ1) is 34.4. The van der Waals surface area contributed by atoms with Crippen LogP contribution in [-0.2, 0) is 36.8 Å². The van der Waals surface area contributed by atoms with E-state index in [1.807, 2.05) is 37.5 Å². The highest BCUT2D eigenvalue weighted by Crippen LogP contribution is 2.56. The van der Waals surface area contributed by atoms with Crippen molar-refractivity contribution < 1.29 is 39.4 Å². The van der Waals surface area contributed by atoms with E-state index in [0.29, 0.717) is 56.6 Å². The SMILES string of the molecule is CNCO[C@@H]1Cc2c3c(c4c(c2O[C@@H]1c1cc(CCCO)c(O)c(OC)c1)CC[C@H](CO)O4)-c1ccc(O)cc1[C@@H](Cc1ccc2[nH]ccc2c1)C3. The van der Waals surface area contributed by atoms with Gasteiger partial charge in [-0.2, -0.15) is 0 Å². The van der Waals surface area contributed by atoms with Crippen LogP contribution in [0.5, 0.6) is 28.7 Å². The third-order valence-corrected chi connectivity index (χ3v) is 11.0. The van der Waals surface area contributed by atoms with Gasteiger partial charge in [0.15, 0.2) is 17.6 Å². The van der Waals surface area contributed by atoms with Crippen LogP contribution in [0.2, 0.25) is 0 Å². The number of phenolic OH excluding ortho intramolecular Hbond substituents is 2. The van der Waals surface area contributed by atoms with Gasteiger partial charge in [-0.1, -0.05) is 12.1 Å². The summed E-state index contributed by atoms with van der Waals surface area (Å²) in [6.45, 7) is 0.225. The molecule has 0 unspecified atom stereocenters. The van der Waals surface area contributed by atoms with Crippen LogP contribution >= 0.6 is 0 Å². The van der Waals surface area contributed by atoms with Crippen molar-refractivity contribution in [3.05, 3.63) is 99.7 Å². The summed E-state index contributed by atoms with van der Waals surface area (Å²) in [6.07, 6.45) is 5.03. The van der Waals surface area contributed by atoms with E-state index in [2.05, 4.69) is 34.6 Å². The van der Waals surface area contributed by atoms with Crippen LogP contribution in [0, 0.1) is 0 Å². The number of aromatic hydroxyl groups is 2. The molecule has 0 saturated heterocycles. The predicted molar refractivity (Wildman–Crippen MR) is 198 cm³/mol. The van der Waals surface area contributed by atoms with Crippen LogP contribution in [0.25, 0.3) is 22.0 Å². The number of hydrogen-bond donors (Lipinski definition) is 6. The zero-order valence-electron chi connectivity index (χ0n) is 29.6. The van der Waals surface area contributed by atoms with Crippen LogP contribution in [0.3, 0.4) is 0 Å². The minimum Gasteiger partial charge on any atom is -0.508 e. The highest BCUT2D eigenvalue weighted by Gasteiger charge is 2.42. The van der Waals surface area contributed by atoms with Gasteiger partial charge in [-0.05, 0) is 133 Å². The minimum atomic E-state index is -0.530. The smallest absolute Gasteiger partial charge is 0.161 e. The fraction of sp³-hybridized carbons (Fsp3) is 0.381. The van der Waals surface area contributed by atoms with Crippen molar-refractivity contribution in [1.82, 2.24) is 10.3 Å². The second-order valence-corrected chi connectivity index (χ2v) is 14.2. The van der Waals surface area contributed by atoms with Gasteiger partial charge >= 0.3 is 0 Å². The molecule has 10 heteroatoms. The van der Waals surface area contributed by atoms with Gasteiger partial charge in [-0.25, -0.2) is 0 Å². The Hall–Kier alpha value is -4.74. The maximum atomic E-state index is 11.0. The average Bonchev–Trinajstić information content (AvgIpc) is 3.64. The van der Waals surface area contributed by atoms with Crippen LogP contribution in [0.15, 0.2) is 60.8 Å². The second-order valence-electron chi connectivity index (χ2n) is 14.2. The first-order valence-electron chi connectivity index (χ1n) is 18.2. The summed E-state index contributed by atoms with van der Waals surface area (Å²) in [7, 11) is 3.38. The maximum Gasteiger partial charge on any atom is 0.161 e. The number of aromatic amines is 1. The van der Waals surface area contributed by atoms with Crippen molar-refractivity contribution in [2.45, 2.75) is 69.2 Å². The molecule has 52 heavy (non-hydrogen) atoms. The quantitative estimate of drug-likeness (QED) is 0.0913. The summed E-state index contributed by atoms with van der Waals surface area (Å²) >= 11 is 0. The normalized spacial score (nSPS) is 20.3. The molecular weight excluding hydrogens is 660 g/mol. The lowest BCUT2D eigenvalue weighted by molar-refractivity contribution is -0.0436. The Kier molecular flexibility index (Phi) is 9.48.